The molecule has 0 bridgehead atoms. The zero-order chi connectivity index (χ0) is 14.8. The van der Waals surface area contributed by atoms with Crippen molar-refractivity contribution in [3.8, 4) is 0 Å². The average molecular weight is 318 g/mol. The summed E-state index contributed by atoms with van der Waals surface area (Å²) < 4.78 is 27.8. The van der Waals surface area contributed by atoms with E-state index < -0.39 is 10.0 Å². The maximum atomic E-state index is 11.9. The molecule has 1 aromatic rings. The van der Waals surface area contributed by atoms with Crippen LogP contribution in [0.1, 0.15) is 18.2 Å². The second-order valence-corrected chi connectivity index (χ2v) is 7.82. The molecule has 6 nitrogen and oxygen atoms in total. The van der Waals surface area contributed by atoms with Crippen molar-refractivity contribution >= 4 is 27.3 Å². The lowest BCUT2D eigenvalue weighted by Crippen LogP contribution is -2.38. The van der Waals surface area contributed by atoms with Gasteiger partial charge in [-0.25, -0.2) is 13.6 Å². The molecule has 1 fully saturated rings. The Morgan fingerprint density at radius 2 is 2.30 bits per heavy atom. The van der Waals surface area contributed by atoms with Crippen LogP contribution >= 0.6 is 11.3 Å². The van der Waals surface area contributed by atoms with Crippen molar-refractivity contribution in [2.75, 3.05) is 13.2 Å². The van der Waals surface area contributed by atoms with Gasteiger partial charge in [-0.05, 0) is 30.9 Å². The normalized spacial score (nSPS) is 22.9. The SMILES string of the molecule is CC1CCOC1C(=O)NCCc1ccc(S(N)(=O)=O)s1. The van der Waals surface area contributed by atoms with Crippen LogP contribution in [0.4, 0.5) is 0 Å². The number of nitrogens with one attached hydrogen (secondary N) is 1. The van der Waals surface area contributed by atoms with Crippen LogP contribution in [-0.2, 0) is 26.0 Å². The second kappa shape index (κ2) is 6.21. The van der Waals surface area contributed by atoms with Gasteiger partial charge in [-0.1, -0.05) is 6.92 Å². The van der Waals surface area contributed by atoms with E-state index in [1.165, 1.54) is 6.07 Å². The number of rotatable bonds is 5. The molecule has 0 saturated carbocycles. The summed E-state index contributed by atoms with van der Waals surface area (Å²) in [5.74, 6) is 0.143. The number of hydrogen-bond donors (Lipinski definition) is 2. The Hall–Kier alpha value is -0.960. The first kappa shape index (κ1) is 15.4. The molecule has 1 saturated heterocycles. The van der Waals surface area contributed by atoms with Crippen LogP contribution in [0.15, 0.2) is 16.3 Å². The molecule has 1 aliphatic rings. The maximum absolute atomic E-state index is 11.9. The highest BCUT2D eigenvalue weighted by atomic mass is 32.2. The van der Waals surface area contributed by atoms with E-state index in [0.29, 0.717) is 19.6 Å². The van der Waals surface area contributed by atoms with E-state index in [1.54, 1.807) is 6.07 Å². The van der Waals surface area contributed by atoms with E-state index in [4.69, 9.17) is 9.88 Å². The average Bonchev–Trinajstić information content (AvgIpc) is 2.97. The Balaban J connectivity index is 1.81. The van der Waals surface area contributed by atoms with Crippen molar-refractivity contribution in [3.63, 3.8) is 0 Å². The monoisotopic (exact) mass is 318 g/mol. The largest absolute Gasteiger partial charge is 0.368 e. The Morgan fingerprint density at radius 1 is 1.55 bits per heavy atom. The molecule has 2 rings (SSSR count). The summed E-state index contributed by atoms with van der Waals surface area (Å²) in [5.41, 5.74) is 0. The molecule has 1 aliphatic heterocycles. The molecule has 1 aromatic heterocycles. The molecule has 2 atom stereocenters. The lowest BCUT2D eigenvalue weighted by molar-refractivity contribution is -0.131. The second-order valence-electron chi connectivity index (χ2n) is 4.86. The molecule has 0 radical (unpaired) electrons. The molecule has 20 heavy (non-hydrogen) atoms. The van der Waals surface area contributed by atoms with Crippen molar-refractivity contribution in [2.45, 2.75) is 30.1 Å². The van der Waals surface area contributed by atoms with E-state index in [-0.39, 0.29) is 22.1 Å². The smallest absolute Gasteiger partial charge is 0.249 e. The van der Waals surface area contributed by atoms with Crippen LogP contribution in [0.3, 0.4) is 0 Å². The van der Waals surface area contributed by atoms with Gasteiger partial charge in [0.25, 0.3) is 0 Å². The molecule has 2 unspecified atom stereocenters. The van der Waals surface area contributed by atoms with Gasteiger partial charge in [0.1, 0.15) is 10.3 Å². The van der Waals surface area contributed by atoms with Gasteiger partial charge in [0.05, 0.1) is 0 Å². The topological polar surface area (TPSA) is 98.5 Å². The highest BCUT2D eigenvalue weighted by Gasteiger charge is 2.30. The molecule has 0 aliphatic carbocycles. The molecule has 1 amide bonds. The predicted octanol–water partition coefficient (Wildman–Crippen LogP) is 0.479. The van der Waals surface area contributed by atoms with Crippen LogP contribution in [0.5, 0.6) is 0 Å². The van der Waals surface area contributed by atoms with Gasteiger partial charge < -0.3 is 10.1 Å². The number of ether oxygens (including phenoxy) is 1. The number of amides is 1. The Bertz CT molecular complexity index is 582. The number of carbonyl (C=O) groups excluding carboxylic acids is 1. The third-order valence-electron chi connectivity index (χ3n) is 3.23. The van der Waals surface area contributed by atoms with Crippen LogP contribution in [-0.4, -0.2) is 33.6 Å². The first-order chi connectivity index (χ1) is 9.38. The first-order valence-corrected chi connectivity index (χ1v) is 8.75. The molecular weight excluding hydrogens is 300 g/mol. The summed E-state index contributed by atoms with van der Waals surface area (Å²) in [6, 6.07) is 3.20. The summed E-state index contributed by atoms with van der Waals surface area (Å²) in [7, 11) is -3.63. The molecule has 8 heteroatoms. The number of hydrogen-bond acceptors (Lipinski definition) is 5. The third kappa shape index (κ3) is 3.78. The summed E-state index contributed by atoms with van der Waals surface area (Å²) in [6.45, 7) is 3.08. The molecule has 0 aromatic carbocycles. The third-order valence-corrected chi connectivity index (χ3v) is 5.82. The number of sulfonamides is 1. The minimum Gasteiger partial charge on any atom is -0.368 e. The van der Waals surface area contributed by atoms with Crippen molar-refractivity contribution in [1.29, 1.82) is 0 Å². The molecule has 112 valence electrons. The van der Waals surface area contributed by atoms with Gasteiger partial charge in [0, 0.05) is 18.0 Å². The van der Waals surface area contributed by atoms with Crippen molar-refractivity contribution in [1.82, 2.24) is 5.32 Å². The van der Waals surface area contributed by atoms with E-state index in [9.17, 15) is 13.2 Å². The fourth-order valence-corrected chi connectivity index (χ4v) is 3.86. The summed E-state index contributed by atoms with van der Waals surface area (Å²) in [5, 5.41) is 7.85. The Kier molecular flexibility index (Phi) is 4.79. The van der Waals surface area contributed by atoms with Crippen LogP contribution < -0.4 is 10.5 Å². The van der Waals surface area contributed by atoms with Crippen LogP contribution in [0, 0.1) is 5.92 Å². The lowest BCUT2D eigenvalue weighted by Gasteiger charge is -2.14. The van der Waals surface area contributed by atoms with E-state index in [1.807, 2.05) is 6.92 Å². The van der Waals surface area contributed by atoms with E-state index >= 15 is 0 Å². The summed E-state index contributed by atoms with van der Waals surface area (Å²) >= 11 is 1.13. The van der Waals surface area contributed by atoms with Gasteiger partial charge in [-0.15, -0.1) is 11.3 Å². The number of carbonyl (C=O) groups is 1. The standard InChI is InChI=1S/C12H18N2O4S2/c1-8-5-7-18-11(8)12(15)14-6-4-9-2-3-10(19-9)20(13,16)17/h2-3,8,11H,4-7H2,1H3,(H,14,15)(H2,13,16,17). The van der Waals surface area contributed by atoms with Gasteiger partial charge in [-0.2, -0.15) is 0 Å². The molecular formula is C12H18N2O4S2. The van der Waals surface area contributed by atoms with Gasteiger partial charge in [0.15, 0.2) is 0 Å². The highest BCUT2D eigenvalue weighted by molar-refractivity contribution is 7.91. The molecule has 0 spiro atoms. The number of primary sulfonamides is 1. The minimum absolute atomic E-state index is 0.0989. The Morgan fingerprint density at radius 3 is 2.85 bits per heavy atom. The summed E-state index contributed by atoms with van der Waals surface area (Å²) in [4.78, 5) is 12.7. The van der Waals surface area contributed by atoms with E-state index in [2.05, 4.69) is 5.32 Å². The predicted molar refractivity (Wildman–Crippen MR) is 75.9 cm³/mol. The van der Waals surface area contributed by atoms with E-state index in [0.717, 1.165) is 22.6 Å². The quantitative estimate of drug-likeness (QED) is 0.825. The maximum Gasteiger partial charge on any atom is 0.249 e. The van der Waals surface area contributed by atoms with Gasteiger partial charge in [-0.3, -0.25) is 4.79 Å². The molecule has 3 N–H and O–H groups in total. The van der Waals surface area contributed by atoms with Crippen molar-refractivity contribution < 1.29 is 17.9 Å². The first-order valence-electron chi connectivity index (χ1n) is 6.39. The fraction of sp³-hybridized carbons (Fsp3) is 0.583. The Labute approximate surface area is 122 Å². The minimum atomic E-state index is -3.63. The lowest BCUT2D eigenvalue weighted by atomic mass is 10.0. The van der Waals surface area contributed by atoms with Crippen molar-refractivity contribution in [3.05, 3.63) is 17.0 Å². The van der Waals surface area contributed by atoms with Gasteiger partial charge >= 0.3 is 0 Å². The highest BCUT2D eigenvalue weighted by Crippen LogP contribution is 2.21. The van der Waals surface area contributed by atoms with Crippen LogP contribution in [0.25, 0.3) is 0 Å². The summed E-state index contributed by atoms with van der Waals surface area (Å²) in [6.07, 6.45) is 1.12. The van der Waals surface area contributed by atoms with Gasteiger partial charge in [0.2, 0.25) is 15.9 Å². The number of nitrogens with two attached hydrogens (primary N) is 1. The van der Waals surface area contributed by atoms with Crippen LogP contribution in [0.2, 0.25) is 0 Å². The zero-order valence-corrected chi connectivity index (χ0v) is 12.8. The zero-order valence-electron chi connectivity index (χ0n) is 11.2. The fourth-order valence-electron chi connectivity index (χ4n) is 2.09. The molecule has 2 heterocycles. The number of thiophene rings is 1. The van der Waals surface area contributed by atoms with Crippen molar-refractivity contribution in [2.24, 2.45) is 11.1 Å².